The molecule has 1 aromatic carbocycles. The van der Waals surface area contributed by atoms with Crippen LogP contribution in [0.4, 0.5) is 0 Å². The van der Waals surface area contributed by atoms with Crippen LogP contribution < -0.4 is 22.0 Å². The molecule has 2 rings (SSSR count). The minimum absolute atomic E-state index is 0.125. The second-order valence-electron chi connectivity index (χ2n) is 4.36. The van der Waals surface area contributed by atoms with E-state index >= 15 is 0 Å². The summed E-state index contributed by atoms with van der Waals surface area (Å²) in [6, 6.07) is 9.27. The van der Waals surface area contributed by atoms with Crippen molar-refractivity contribution in [2.75, 3.05) is 6.54 Å². The summed E-state index contributed by atoms with van der Waals surface area (Å²) in [7, 11) is 0. The van der Waals surface area contributed by atoms with Crippen molar-refractivity contribution in [1.82, 2.24) is 21.3 Å². The normalized spacial score (nSPS) is 15.1. The average Bonchev–Trinajstić information content (AvgIpc) is 2.96. The summed E-state index contributed by atoms with van der Waals surface area (Å²) in [5, 5.41) is 4.68. The van der Waals surface area contributed by atoms with Gasteiger partial charge in [0.05, 0.1) is 6.04 Å². The number of hydrazine groups is 2. The lowest BCUT2D eigenvalue weighted by atomic mass is 10.2. The monoisotopic (exact) mass is 261 g/mol. The first-order chi connectivity index (χ1) is 9.25. The summed E-state index contributed by atoms with van der Waals surface area (Å²) < 4.78 is 0. The number of carbonyl (C=O) groups is 1. The number of nitrogens with zero attached hydrogens (tertiary/aromatic N) is 1. The molecule has 0 spiro atoms. The first-order valence-corrected chi connectivity index (χ1v) is 6.27. The summed E-state index contributed by atoms with van der Waals surface area (Å²) in [5.74, 6) is -0.125. The molecule has 1 aliphatic rings. The van der Waals surface area contributed by atoms with Crippen LogP contribution in [-0.2, 0) is 11.3 Å². The third-order valence-corrected chi connectivity index (χ3v) is 2.87. The molecule has 0 bridgehead atoms. The Kier molecular flexibility index (Phi) is 4.77. The fourth-order valence-electron chi connectivity index (χ4n) is 1.74. The Morgan fingerprint density at radius 2 is 2.16 bits per heavy atom. The van der Waals surface area contributed by atoms with Crippen LogP contribution in [-0.4, -0.2) is 23.5 Å². The van der Waals surface area contributed by atoms with E-state index in [1.807, 2.05) is 41.5 Å². The van der Waals surface area contributed by atoms with Crippen LogP contribution in [0.15, 0.2) is 42.7 Å². The highest BCUT2D eigenvalue weighted by molar-refractivity contribution is 5.81. The maximum absolute atomic E-state index is 11.8. The van der Waals surface area contributed by atoms with Crippen molar-refractivity contribution in [2.45, 2.75) is 19.0 Å². The van der Waals surface area contributed by atoms with E-state index in [9.17, 15) is 4.79 Å². The summed E-state index contributed by atoms with van der Waals surface area (Å²) in [6.07, 6.45) is 4.22. The number of benzene rings is 1. The van der Waals surface area contributed by atoms with E-state index in [1.165, 1.54) is 0 Å². The fourth-order valence-corrected chi connectivity index (χ4v) is 1.74. The minimum atomic E-state index is -0.500. The van der Waals surface area contributed by atoms with Crippen LogP contribution >= 0.6 is 0 Å². The molecule has 1 aliphatic heterocycles. The van der Waals surface area contributed by atoms with E-state index in [2.05, 4.69) is 16.3 Å². The Balaban J connectivity index is 1.68. The molecule has 102 valence electrons. The van der Waals surface area contributed by atoms with Crippen molar-refractivity contribution in [3.05, 3.63) is 48.3 Å². The van der Waals surface area contributed by atoms with Crippen LogP contribution in [0.25, 0.3) is 0 Å². The van der Waals surface area contributed by atoms with E-state index in [1.54, 1.807) is 6.20 Å². The number of amides is 1. The molecular formula is C13H19N5O. The van der Waals surface area contributed by atoms with Crippen molar-refractivity contribution in [1.29, 1.82) is 0 Å². The zero-order valence-electron chi connectivity index (χ0n) is 10.7. The Labute approximate surface area is 112 Å². The highest BCUT2D eigenvalue weighted by Crippen LogP contribution is 1.99. The first kappa shape index (κ1) is 13.4. The Bertz CT molecular complexity index is 434. The lowest BCUT2D eigenvalue weighted by molar-refractivity contribution is -0.122. The zero-order valence-corrected chi connectivity index (χ0v) is 10.7. The molecule has 0 unspecified atom stereocenters. The Morgan fingerprint density at radius 3 is 2.84 bits per heavy atom. The van der Waals surface area contributed by atoms with Crippen molar-refractivity contribution in [3.8, 4) is 0 Å². The Morgan fingerprint density at radius 1 is 1.37 bits per heavy atom. The second kappa shape index (κ2) is 6.77. The molecule has 6 heteroatoms. The van der Waals surface area contributed by atoms with Crippen molar-refractivity contribution >= 4 is 5.91 Å². The van der Waals surface area contributed by atoms with Crippen LogP contribution in [0.1, 0.15) is 12.0 Å². The molecule has 0 saturated carbocycles. The molecule has 0 aromatic heterocycles. The standard InChI is InChI=1S/C13H19N5O/c14-12(6-8-18-9-7-16-17-18)13(19)15-10-11-4-2-1-3-5-11/h1-5,7,9,12,16-17H,6,8,10,14H2,(H,15,19)/t12-/m0/s1. The predicted octanol–water partition coefficient (Wildman–Crippen LogP) is -0.184. The van der Waals surface area contributed by atoms with Crippen LogP contribution in [0.3, 0.4) is 0 Å². The molecule has 0 saturated heterocycles. The number of nitrogens with one attached hydrogen (secondary N) is 3. The molecule has 0 radical (unpaired) electrons. The lowest BCUT2D eigenvalue weighted by Gasteiger charge is -2.18. The summed E-state index contributed by atoms with van der Waals surface area (Å²) in [6.45, 7) is 1.18. The zero-order chi connectivity index (χ0) is 13.5. The summed E-state index contributed by atoms with van der Waals surface area (Å²) in [4.78, 5) is 11.8. The van der Waals surface area contributed by atoms with Gasteiger partial charge in [0.2, 0.25) is 5.91 Å². The minimum Gasteiger partial charge on any atom is -0.351 e. The smallest absolute Gasteiger partial charge is 0.237 e. The Hall–Kier alpha value is -2.05. The van der Waals surface area contributed by atoms with Crippen molar-refractivity contribution in [3.63, 3.8) is 0 Å². The molecule has 1 atom stereocenters. The predicted molar refractivity (Wildman–Crippen MR) is 73.0 cm³/mol. The van der Waals surface area contributed by atoms with Gasteiger partial charge < -0.3 is 16.5 Å². The van der Waals surface area contributed by atoms with Crippen LogP contribution in [0, 0.1) is 0 Å². The highest BCUT2D eigenvalue weighted by Gasteiger charge is 2.14. The fraction of sp³-hybridized carbons (Fsp3) is 0.308. The van der Waals surface area contributed by atoms with Gasteiger partial charge >= 0.3 is 0 Å². The lowest BCUT2D eigenvalue weighted by Crippen LogP contribution is -2.44. The molecule has 1 heterocycles. The van der Waals surface area contributed by atoms with Crippen LogP contribution in [0.5, 0.6) is 0 Å². The number of nitrogens with two attached hydrogens (primary N) is 1. The number of hydrogen-bond acceptors (Lipinski definition) is 5. The van der Waals surface area contributed by atoms with Gasteiger partial charge in [-0.25, -0.2) is 0 Å². The van der Waals surface area contributed by atoms with E-state index in [-0.39, 0.29) is 5.91 Å². The van der Waals surface area contributed by atoms with Gasteiger partial charge in [-0.1, -0.05) is 30.3 Å². The molecule has 0 aliphatic carbocycles. The van der Waals surface area contributed by atoms with Gasteiger partial charge in [0.1, 0.15) is 0 Å². The molecule has 1 aromatic rings. The van der Waals surface area contributed by atoms with E-state index in [4.69, 9.17) is 5.73 Å². The molecule has 5 N–H and O–H groups in total. The third-order valence-electron chi connectivity index (χ3n) is 2.87. The topological polar surface area (TPSA) is 82.4 Å². The number of rotatable bonds is 6. The number of carbonyl (C=O) groups excluding carboxylic acids is 1. The summed E-state index contributed by atoms with van der Waals surface area (Å²) >= 11 is 0. The van der Waals surface area contributed by atoms with Gasteiger partial charge in [-0.05, 0) is 12.0 Å². The molecule has 0 fully saturated rings. The summed E-state index contributed by atoms with van der Waals surface area (Å²) in [5.41, 5.74) is 12.6. The van der Waals surface area contributed by atoms with Gasteiger partial charge in [-0.15, -0.1) is 5.53 Å². The maximum atomic E-state index is 11.8. The van der Waals surface area contributed by atoms with E-state index < -0.39 is 6.04 Å². The SMILES string of the molecule is N[C@@H](CCN1C=CNN1)C(=O)NCc1ccccc1. The van der Waals surface area contributed by atoms with E-state index in [0.717, 1.165) is 5.56 Å². The van der Waals surface area contributed by atoms with Gasteiger partial charge in [0.25, 0.3) is 0 Å². The largest absolute Gasteiger partial charge is 0.351 e. The molecule has 1 amide bonds. The second-order valence-corrected chi connectivity index (χ2v) is 4.36. The average molecular weight is 261 g/mol. The molecule has 6 nitrogen and oxygen atoms in total. The van der Waals surface area contributed by atoms with Crippen LogP contribution in [0.2, 0.25) is 0 Å². The van der Waals surface area contributed by atoms with E-state index in [0.29, 0.717) is 19.5 Å². The quantitative estimate of drug-likeness (QED) is 0.571. The highest BCUT2D eigenvalue weighted by atomic mass is 16.2. The maximum Gasteiger partial charge on any atom is 0.237 e. The third kappa shape index (κ3) is 4.27. The van der Waals surface area contributed by atoms with Gasteiger partial charge in [-0.3, -0.25) is 9.80 Å². The number of hydrogen-bond donors (Lipinski definition) is 4. The van der Waals surface area contributed by atoms with Crippen molar-refractivity contribution in [2.24, 2.45) is 5.73 Å². The van der Waals surface area contributed by atoms with Gasteiger partial charge in [0.15, 0.2) is 0 Å². The van der Waals surface area contributed by atoms with Gasteiger partial charge in [0, 0.05) is 25.5 Å². The molecule has 19 heavy (non-hydrogen) atoms. The van der Waals surface area contributed by atoms with Gasteiger partial charge in [-0.2, -0.15) is 0 Å². The molecular weight excluding hydrogens is 242 g/mol. The van der Waals surface area contributed by atoms with Crippen molar-refractivity contribution < 1.29 is 4.79 Å². The first-order valence-electron chi connectivity index (χ1n) is 6.27.